The van der Waals surface area contributed by atoms with Gasteiger partial charge in [-0.15, -0.1) is 11.3 Å². The zero-order valence-corrected chi connectivity index (χ0v) is 9.75. The SMILES string of the molecule is O=S(=O)(c1ccc(Cl)s1)C1CCCN1. The van der Waals surface area contributed by atoms with Crippen LogP contribution in [-0.4, -0.2) is 20.3 Å². The van der Waals surface area contributed by atoms with Crippen molar-refractivity contribution in [1.29, 1.82) is 0 Å². The van der Waals surface area contributed by atoms with Gasteiger partial charge in [0.05, 0.1) is 4.34 Å². The maximum Gasteiger partial charge on any atom is 0.203 e. The summed E-state index contributed by atoms with van der Waals surface area (Å²) >= 11 is 6.83. The molecular weight excluding hydrogens is 242 g/mol. The third-order valence-electron chi connectivity index (χ3n) is 2.22. The fourth-order valence-electron chi connectivity index (χ4n) is 1.51. The van der Waals surface area contributed by atoms with E-state index in [2.05, 4.69) is 5.32 Å². The Kier molecular flexibility index (Phi) is 2.83. The van der Waals surface area contributed by atoms with Gasteiger partial charge in [0.1, 0.15) is 9.58 Å². The Balaban J connectivity index is 2.32. The van der Waals surface area contributed by atoms with E-state index in [4.69, 9.17) is 11.6 Å². The summed E-state index contributed by atoms with van der Waals surface area (Å²) in [5.41, 5.74) is 0. The molecule has 0 saturated carbocycles. The summed E-state index contributed by atoms with van der Waals surface area (Å²) in [6.45, 7) is 0.781. The number of nitrogens with one attached hydrogen (secondary N) is 1. The van der Waals surface area contributed by atoms with Crippen molar-refractivity contribution in [3.05, 3.63) is 16.5 Å². The summed E-state index contributed by atoms with van der Waals surface area (Å²) in [6, 6.07) is 3.19. The third kappa shape index (κ3) is 1.82. The molecular formula is C8H10ClNO2S2. The van der Waals surface area contributed by atoms with E-state index in [1.165, 1.54) is 0 Å². The van der Waals surface area contributed by atoms with E-state index < -0.39 is 15.2 Å². The molecule has 0 spiro atoms. The number of hydrogen-bond acceptors (Lipinski definition) is 4. The summed E-state index contributed by atoms with van der Waals surface area (Å²) in [6.07, 6.45) is 1.61. The molecule has 0 radical (unpaired) electrons. The zero-order valence-electron chi connectivity index (χ0n) is 7.36. The molecule has 1 aromatic heterocycles. The van der Waals surface area contributed by atoms with Crippen molar-refractivity contribution >= 4 is 32.8 Å². The van der Waals surface area contributed by atoms with Crippen molar-refractivity contribution in [2.75, 3.05) is 6.54 Å². The number of halogens is 1. The summed E-state index contributed by atoms with van der Waals surface area (Å²) in [7, 11) is -3.19. The molecule has 78 valence electrons. The minimum absolute atomic E-state index is 0.363. The molecule has 3 nitrogen and oxygen atoms in total. The molecule has 1 aromatic rings. The second-order valence-corrected chi connectivity index (χ2v) is 7.26. The number of rotatable bonds is 2. The van der Waals surface area contributed by atoms with Gasteiger partial charge in [-0.05, 0) is 31.5 Å². The van der Waals surface area contributed by atoms with Gasteiger partial charge in [0, 0.05) is 0 Å². The molecule has 2 rings (SSSR count). The molecule has 1 unspecified atom stereocenters. The minimum atomic E-state index is -3.19. The minimum Gasteiger partial charge on any atom is -0.301 e. The van der Waals surface area contributed by atoms with Gasteiger partial charge in [0.15, 0.2) is 0 Å². The van der Waals surface area contributed by atoms with Gasteiger partial charge in [-0.25, -0.2) is 8.42 Å². The van der Waals surface area contributed by atoms with Crippen molar-refractivity contribution in [3.8, 4) is 0 Å². The molecule has 1 atom stereocenters. The fraction of sp³-hybridized carbons (Fsp3) is 0.500. The van der Waals surface area contributed by atoms with Gasteiger partial charge in [-0.3, -0.25) is 0 Å². The van der Waals surface area contributed by atoms with Crippen LogP contribution in [0.15, 0.2) is 16.3 Å². The Labute approximate surface area is 92.0 Å². The number of thiophene rings is 1. The van der Waals surface area contributed by atoms with E-state index >= 15 is 0 Å². The smallest absolute Gasteiger partial charge is 0.203 e. The lowest BCUT2D eigenvalue weighted by molar-refractivity contribution is 0.574. The first-order valence-electron chi connectivity index (χ1n) is 4.33. The van der Waals surface area contributed by atoms with Crippen molar-refractivity contribution in [2.45, 2.75) is 22.4 Å². The van der Waals surface area contributed by atoms with E-state index in [-0.39, 0.29) is 0 Å². The molecule has 1 saturated heterocycles. The van der Waals surface area contributed by atoms with E-state index in [9.17, 15) is 8.42 Å². The summed E-state index contributed by atoms with van der Waals surface area (Å²) in [4.78, 5) is 0. The van der Waals surface area contributed by atoms with Gasteiger partial charge in [0.25, 0.3) is 0 Å². The normalized spacial score (nSPS) is 22.8. The highest BCUT2D eigenvalue weighted by Gasteiger charge is 2.30. The van der Waals surface area contributed by atoms with E-state index in [1.807, 2.05) is 0 Å². The lowest BCUT2D eigenvalue weighted by Crippen LogP contribution is -2.30. The molecule has 2 heterocycles. The molecule has 0 aromatic carbocycles. The number of hydrogen-bond donors (Lipinski definition) is 1. The molecule has 0 aliphatic carbocycles. The topological polar surface area (TPSA) is 46.2 Å². The predicted octanol–water partition coefficient (Wildman–Crippen LogP) is 1.88. The standard InChI is InChI=1S/C8H10ClNO2S2/c9-6-3-4-8(13-6)14(11,12)7-2-1-5-10-7/h3-4,7,10H,1-2,5H2. The molecule has 1 fully saturated rings. The first-order valence-corrected chi connectivity index (χ1v) is 7.07. The average molecular weight is 252 g/mol. The highest BCUT2D eigenvalue weighted by molar-refractivity contribution is 7.94. The quantitative estimate of drug-likeness (QED) is 0.873. The van der Waals surface area contributed by atoms with Crippen LogP contribution in [-0.2, 0) is 9.84 Å². The largest absolute Gasteiger partial charge is 0.301 e. The molecule has 14 heavy (non-hydrogen) atoms. The summed E-state index contributed by atoms with van der Waals surface area (Å²) < 4.78 is 24.8. The van der Waals surface area contributed by atoms with E-state index in [0.717, 1.165) is 24.3 Å². The lowest BCUT2D eigenvalue weighted by atomic mass is 10.4. The third-order valence-corrected chi connectivity index (χ3v) is 6.04. The fourth-order valence-corrected chi connectivity index (χ4v) is 4.86. The van der Waals surface area contributed by atoms with Crippen molar-refractivity contribution in [3.63, 3.8) is 0 Å². The van der Waals surface area contributed by atoms with Crippen LogP contribution in [0.4, 0.5) is 0 Å². The Morgan fingerprint density at radius 1 is 1.50 bits per heavy atom. The maximum absolute atomic E-state index is 11.9. The van der Waals surface area contributed by atoms with Crippen LogP contribution < -0.4 is 5.32 Å². The zero-order chi connectivity index (χ0) is 10.2. The Morgan fingerprint density at radius 2 is 2.29 bits per heavy atom. The second-order valence-electron chi connectivity index (χ2n) is 3.19. The molecule has 1 N–H and O–H groups in total. The van der Waals surface area contributed by atoms with E-state index in [1.54, 1.807) is 12.1 Å². The van der Waals surface area contributed by atoms with Gasteiger partial charge < -0.3 is 5.32 Å². The Morgan fingerprint density at radius 3 is 2.79 bits per heavy atom. The van der Waals surface area contributed by atoms with Gasteiger partial charge in [-0.2, -0.15) is 0 Å². The van der Waals surface area contributed by atoms with Crippen LogP contribution in [0.3, 0.4) is 0 Å². The molecule has 0 bridgehead atoms. The predicted molar refractivity (Wildman–Crippen MR) is 57.5 cm³/mol. The van der Waals surface area contributed by atoms with E-state index in [0.29, 0.717) is 15.0 Å². The Hall–Kier alpha value is -0.100. The first kappa shape index (κ1) is 10.4. The molecule has 0 amide bonds. The van der Waals surface area contributed by atoms with Gasteiger partial charge >= 0.3 is 0 Å². The monoisotopic (exact) mass is 251 g/mol. The summed E-state index contributed by atoms with van der Waals surface area (Å²) in [5, 5.41) is 2.56. The van der Waals surface area contributed by atoms with Crippen LogP contribution in [0.2, 0.25) is 4.34 Å². The van der Waals surface area contributed by atoms with Crippen molar-refractivity contribution in [1.82, 2.24) is 5.32 Å². The summed E-state index contributed by atoms with van der Waals surface area (Å²) in [5.74, 6) is 0. The van der Waals surface area contributed by atoms with Crippen LogP contribution >= 0.6 is 22.9 Å². The average Bonchev–Trinajstić information content (AvgIpc) is 2.72. The van der Waals surface area contributed by atoms with Gasteiger partial charge in [-0.1, -0.05) is 11.6 Å². The first-order chi connectivity index (χ1) is 6.60. The maximum atomic E-state index is 11.9. The van der Waals surface area contributed by atoms with Crippen LogP contribution in [0.1, 0.15) is 12.8 Å². The van der Waals surface area contributed by atoms with Crippen LogP contribution in [0.25, 0.3) is 0 Å². The van der Waals surface area contributed by atoms with Crippen molar-refractivity contribution in [2.24, 2.45) is 0 Å². The number of sulfone groups is 1. The van der Waals surface area contributed by atoms with Gasteiger partial charge in [0.2, 0.25) is 9.84 Å². The molecule has 1 aliphatic heterocycles. The Bertz CT molecular complexity index is 420. The molecule has 1 aliphatic rings. The lowest BCUT2D eigenvalue weighted by Gasteiger charge is -2.09. The highest BCUT2D eigenvalue weighted by atomic mass is 35.5. The second kappa shape index (κ2) is 3.81. The molecule has 6 heteroatoms. The van der Waals surface area contributed by atoms with Crippen LogP contribution in [0.5, 0.6) is 0 Å². The van der Waals surface area contributed by atoms with Crippen molar-refractivity contribution < 1.29 is 8.42 Å². The highest BCUT2D eigenvalue weighted by Crippen LogP contribution is 2.29. The van der Waals surface area contributed by atoms with Crippen LogP contribution in [0, 0.1) is 0 Å².